The highest BCUT2D eigenvalue weighted by molar-refractivity contribution is 6.06. The number of aryl methyl sites for hydroxylation is 1. The van der Waals surface area contributed by atoms with Gasteiger partial charge in [0.15, 0.2) is 0 Å². The molecule has 0 saturated carbocycles. The van der Waals surface area contributed by atoms with Crippen LogP contribution in [0.1, 0.15) is 21.6 Å². The molecule has 7 nitrogen and oxygen atoms in total. The van der Waals surface area contributed by atoms with Crippen LogP contribution in [0.15, 0.2) is 59.7 Å². The van der Waals surface area contributed by atoms with Gasteiger partial charge in [0.25, 0.3) is 11.6 Å². The number of hydrogen-bond acceptors (Lipinski definition) is 5. The second-order valence-corrected chi connectivity index (χ2v) is 5.38. The number of nitrogens with zero attached hydrogens (tertiary/aromatic N) is 3. The number of pyridine rings is 1. The summed E-state index contributed by atoms with van der Waals surface area (Å²) in [5, 5.41) is 15.3. The fourth-order valence-corrected chi connectivity index (χ4v) is 2.40. The molecule has 1 N–H and O–H groups in total. The fourth-order valence-electron chi connectivity index (χ4n) is 2.40. The molecule has 2 aromatic carbocycles. The summed E-state index contributed by atoms with van der Waals surface area (Å²) < 4.78 is 0. The van der Waals surface area contributed by atoms with E-state index in [4.69, 9.17) is 0 Å². The third kappa shape index (κ3) is 3.66. The van der Waals surface area contributed by atoms with Gasteiger partial charge in [-0.05, 0) is 36.8 Å². The van der Waals surface area contributed by atoms with Gasteiger partial charge in [-0.2, -0.15) is 5.10 Å². The van der Waals surface area contributed by atoms with Crippen LogP contribution in [-0.4, -0.2) is 22.0 Å². The number of nitrogens with one attached hydrogen (secondary N) is 1. The van der Waals surface area contributed by atoms with Crippen molar-refractivity contribution in [2.24, 2.45) is 5.10 Å². The Labute approximate surface area is 143 Å². The van der Waals surface area contributed by atoms with E-state index in [0.717, 1.165) is 16.6 Å². The monoisotopic (exact) mass is 334 g/mol. The van der Waals surface area contributed by atoms with Gasteiger partial charge in [0.2, 0.25) is 0 Å². The number of fused-ring (bicyclic) bond motifs is 1. The summed E-state index contributed by atoms with van der Waals surface area (Å²) in [5.74, 6) is -0.347. The molecule has 1 aromatic heterocycles. The van der Waals surface area contributed by atoms with E-state index in [1.54, 1.807) is 18.2 Å². The number of benzene rings is 2. The average Bonchev–Trinajstić information content (AvgIpc) is 2.61. The van der Waals surface area contributed by atoms with Gasteiger partial charge in [0.05, 0.1) is 22.2 Å². The molecule has 0 saturated heterocycles. The molecular formula is C18H14N4O3. The average molecular weight is 334 g/mol. The second-order valence-electron chi connectivity index (χ2n) is 5.38. The summed E-state index contributed by atoms with van der Waals surface area (Å²) in [6.45, 7) is 1.82. The molecule has 7 heteroatoms. The predicted octanol–water partition coefficient (Wildman–Crippen LogP) is 3.22. The Balaban J connectivity index is 1.78. The van der Waals surface area contributed by atoms with Crippen LogP contribution in [0.5, 0.6) is 0 Å². The number of aromatic nitrogens is 1. The minimum Gasteiger partial charge on any atom is -0.267 e. The van der Waals surface area contributed by atoms with Crippen LogP contribution in [-0.2, 0) is 0 Å². The largest absolute Gasteiger partial charge is 0.272 e. The standard InChI is InChI=1S/C18H14N4O3/c1-12-10-16(15-4-2-3-5-17(15)20-12)18(23)21-19-11-13-6-8-14(9-7-13)22(24)25/h2-11H,1H3,(H,21,23). The molecule has 0 radical (unpaired) electrons. The van der Waals surface area contributed by atoms with E-state index >= 15 is 0 Å². The fraction of sp³-hybridized carbons (Fsp3) is 0.0556. The first-order valence-corrected chi connectivity index (χ1v) is 7.49. The number of nitro groups is 1. The van der Waals surface area contributed by atoms with Crippen molar-refractivity contribution in [2.45, 2.75) is 6.92 Å². The maximum absolute atomic E-state index is 12.4. The highest BCUT2D eigenvalue weighted by Crippen LogP contribution is 2.18. The lowest BCUT2D eigenvalue weighted by Gasteiger charge is -2.06. The highest BCUT2D eigenvalue weighted by atomic mass is 16.6. The number of rotatable bonds is 4. The van der Waals surface area contributed by atoms with E-state index in [1.165, 1.54) is 18.3 Å². The van der Waals surface area contributed by atoms with Gasteiger partial charge in [-0.3, -0.25) is 19.9 Å². The van der Waals surface area contributed by atoms with Crippen LogP contribution < -0.4 is 5.43 Å². The Morgan fingerprint density at radius 2 is 1.92 bits per heavy atom. The van der Waals surface area contributed by atoms with Gasteiger partial charge in [-0.25, -0.2) is 5.43 Å². The molecule has 3 aromatic rings. The lowest BCUT2D eigenvalue weighted by Crippen LogP contribution is -2.18. The predicted molar refractivity (Wildman–Crippen MR) is 94.6 cm³/mol. The molecule has 124 valence electrons. The molecule has 0 spiro atoms. The number of carbonyl (C=O) groups excluding carboxylic acids is 1. The van der Waals surface area contributed by atoms with Crippen molar-refractivity contribution in [3.05, 3.63) is 81.5 Å². The van der Waals surface area contributed by atoms with Crippen molar-refractivity contribution >= 4 is 28.7 Å². The zero-order chi connectivity index (χ0) is 17.8. The van der Waals surface area contributed by atoms with Crippen molar-refractivity contribution < 1.29 is 9.72 Å². The minimum absolute atomic E-state index is 0.0000776. The molecular weight excluding hydrogens is 320 g/mol. The third-order valence-corrected chi connectivity index (χ3v) is 3.57. The number of nitro benzene ring substituents is 1. The first kappa shape index (κ1) is 16.3. The molecule has 0 aliphatic carbocycles. The summed E-state index contributed by atoms with van der Waals surface area (Å²) in [4.78, 5) is 26.9. The lowest BCUT2D eigenvalue weighted by atomic mass is 10.1. The summed E-state index contributed by atoms with van der Waals surface area (Å²) in [6.07, 6.45) is 1.43. The molecule has 1 amide bonds. The molecule has 25 heavy (non-hydrogen) atoms. The van der Waals surface area contributed by atoms with E-state index in [0.29, 0.717) is 11.1 Å². The van der Waals surface area contributed by atoms with Crippen molar-refractivity contribution in [1.82, 2.24) is 10.4 Å². The molecule has 0 aliphatic heterocycles. The highest BCUT2D eigenvalue weighted by Gasteiger charge is 2.11. The molecule has 1 heterocycles. The Hall–Kier alpha value is -3.61. The normalized spacial score (nSPS) is 10.9. The SMILES string of the molecule is Cc1cc(C(=O)NN=Cc2ccc([N+](=O)[O-])cc2)c2ccccc2n1. The van der Waals surface area contributed by atoms with Gasteiger partial charge < -0.3 is 0 Å². The number of hydrazone groups is 1. The third-order valence-electron chi connectivity index (χ3n) is 3.57. The Bertz CT molecular complexity index is 981. The van der Waals surface area contributed by atoms with E-state index in [9.17, 15) is 14.9 Å². The molecule has 0 aliphatic rings. The molecule has 0 bridgehead atoms. The first-order valence-electron chi connectivity index (χ1n) is 7.49. The van der Waals surface area contributed by atoms with E-state index in [-0.39, 0.29) is 11.6 Å². The first-order chi connectivity index (χ1) is 12.0. The Morgan fingerprint density at radius 3 is 2.64 bits per heavy atom. The number of hydrogen-bond donors (Lipinski definition) is 1. The lowest BCUT2D eigenvalue weighted by molar-refractivity contribution is -0.384. The topological polar surface area (TPSA) is 97.5 Å². The van der Waals surface area contributed by atoms with Crippen LogP contribution >= 0.6 is 0 Å². The zero-order valence-corrected chi connectivity index (χ0v) is 13.3. The van der Waals surface area contributed by atoms with E-state index in [1.807, 2.05) is 31.2 Å². The van der Waals surface area contributed by atoms with Crippen LogP contribution in [0.4, 0.5) is 5.69 Å². The van der Waals surface area contributed by atoms with Gasteiger partial charge in [-0.15, -0.1) is 0 Å². The van der Waals surface area contributed by atoms with Gasteiger partial charge >= 0.3 is 0 Å². The van der Waals surface area contributed by atoms with Crippen molar-refractivity contribution in [1.29, 1.82) is 0 Å². The maximum Gasteiger partial charge on any atom is 0.272 e. The molecule has 0 fully saturated rings. The maximum atomic E-state index is 12.4. The number of non-ortho nitro benzene ring substituents is 1. The van der Waals surface area contributed by atoms with Gasteiger partial charge in [0, 0.05) is 23.2 Å². The van der Waals surface area contributed by atoms with Crippen LogP contribution in [0.2, 0.25) is 0 Å². The van der Waals surface area contributed by atoms with Crippen molar-refractivity contribution in [3.8, 4) is 0 Å². The number of amides is 1. The smallest absolute Gasteiger partial charge is 0.267 e. The molecule has 0 unspecified atom stereocenters. The number of para-hydroxylation sites is 1. The quantitative estimate of drug-likeness (QED) is 0.450. The summed E-state index contributed by atoms with van der Waals surface area (Å²) in [5.41, 5.74) is 5.08. The van der Waals surface area contributed by atoms with Crippen LogP contribution in [0.3, 0.4) is 0 Å². The second kappa shape index (κ2) is 6.88. The summed E-state index contributed by atoms with van der Waals surface area (Å²) >= 11 is 0. The number of carbonyl (C=O) groups is 1. The van der Waals surface area contributed by atoms with Crippen LogP contribution in [0, 0.1) is 17.0 Å². The zero-order valence-electron chi connectivity index (χ0n) is 13.3. The van der Waals surface area contributed by atoms with E-state index in [2.05, 4.69) is 15.5 Å². The summed E-state index contributed by atoms with van der Waals surface area (Å²) in [7, 11) is 0. The molecule has 0 atom stereocenters. The van der Waals surface area contributed by atoms with Crippen molar-refractivity contribution in [3.63, 3.8) is 0 Å². The van der Waals surface area contributed by atoms with Gasteiger partial charge in [-0.1, -0.05) is 18.2 Å². The Kier molecular flexibility index (Phi) is 4.47. The van der Waals surface area contributed by atoms with Crippen LogP contribution in [0.25, 0.3) is 10.9 Å². The summed E-state index contributed by atoms with van der Waals surface area (Å²) in [6, 6.07) is 15.0. The van der Waals surface area contributed by atoms with Gasteiger partial charge in [0.1, 0.15) is 0 Å². The van der Waals surface area contributed by atoms with Crippen molar-refractivity contribution in [2.75, 3.05) is 0 Å². The van der Waals surface area contributed by atoms with E-state index < -0.39 is 4.92 Å². The Morgan fingerprint density at radius 1 is 1.20 bits per heavy atom. The minimum atomic E-state index is -0.473. The molecule has 3 rings (SSSR count).